The molecule has 4 N–H and O–H groups in total. The number of carbonyl (C=O) groups is 2. The van der Waals surface area contributed by atoms with Gasteiger partial charge in [-0.25, -0.2) is 0 Å². The first kappa shape index (κ1) is 11.9. The summed E-state index contributed by atoms with van der Waals surface area (Å²) in [6.07, 6.45) is 1.06. The number of carboxylic acids is 1. The molecular formula is C5H9NO3S. The van der Waals surface area contributed by atoms with Crippen LogP contribution in [0.15, 0.2) is 12.7 Å². The first-order valence-electron chi connectivity index (χ1n) is 2.16. The molecule has 0 unspecified atom stereocenters. The summed E-state index contributed by atoms with van der Waals surface area (Å²) in [5, 5.41) is 9.35. The summed E-state index contributed by atoms with van der Waals surface area (Å²) < 4.78 is 0. The summed E-state index contributed by atoms with van der Waals surface area (Å²) in [6.45, 7) is 3.15. The predicted octanol–water partition coefficient (Wildman–Crippen LogP) is -0.442. The van der Waals surface area contributed by atoms with Gasteiger partial charge in [-0.3, -0.25) is 4.79 Å². The third kappa shape index (κ3) is 7.19. The van der Waals surface area contributed by atoms with Crippen LogP contribution in [0.5, 0.6) is 0 Å². The highest BCUT2D eigenvalue weighted by atomic mass is 32.2. The highest BCUT2D eigenvalue weighted by Crippen LogP contribution is 1.99. The largest absolute Gasteiger partial charge is 0.549 e. The third-order valence-electron chi connectivity index (χ3n) is 0.499. The van der Waals surface area contributed by atoms with E-state index in [4.69, 9.17) is 0 Å². The molecule has 0 aliphatic rings. The molecule has 0 amide bonds. The molecule has 0 radical (unpaired) electrons. The second-order valence-corrected chi connectivity index (χ2v) is 2.16. The quantitative estimate of drug-likeness (QED) is 0.570. The van der Waals surface area contributed by atoms with E-state index in [1.165, 1.54) is 0 Å². The Morgan fingerprint density at radius 1 is 1.60 bits per heavy atom. The summed E-state index contributed by atoms with van der Waals surface area (Å²) in [4.78, 5) is 20.0. The zero-order valence-electron chi connectivity index (χ0n) is 5.62. The van der Waals surface area contributed by atoms with Gasteiger partial charge in [-0.05, 0) is 6.08 Å². The van der Waals surface area contributed by atoms with Crippen LogP contribution in [-0.4, -0.2) is 16.8 Å². The lowest BCUT2D eigenvalue weighted by Gasteiger charge is -1.95. The van der Waals surface area contributed by atoms with E-state index in [9.17, 15) is 14.7 Å². The molecule has 4 nitrogen and oxygen atoms in total. The number of aliphatic carboxylic acids is 1. The Morgan fingerprint density at radius 3 is 2.40 bits per heavy atom. The second-order valence-electron chi connectivity index (χ2n) is 1.18. The van der Waals surface area contributed by atoms with Gasteiger partial charge in [0, 0.05) is 5.75 Å². The van der Waals surface area contributed by atoms with E-state index in [2.05, 4.69) is 6.58 Å². The molecule has 0 bridgehead atoms. The minimum atomic E-state index is -1.24. The van der Waals surface area contributed by atoms with E-state index in [0.717, 1.165) is 6.08 Å². The molecule has 0 rings (SSSR count). The normalized spacial score (nSPS) is 7.60. The Labute approximate surface area is 62.9 Å². The highest BCUT2D eigenvalue weighted by molar-refractivity contribution is 8.14. The van der Waals surface area contributed by atoms with Crippen LogP contribution in [0.2, 0.25) is 0 Å². The summed E-state index contributed by atoms with van der Waals surface area (Å²) >= 11 is 0.666. The molecule has 0 fully saturated rings. The minimum absolute atomic E-state index is 0. The van der Waals surface area contributed by atoms with Crippen LogP contribution in [0.25, 0.3) is 0 Å². The van der Waals surface area contributed by atoms with Crippen LogP contribution in [-0.2, 0) is 9.59 Å². The molecule has 0 aliphatic heterocycles. The van der Waals surface area contributed by atoms with Crippen LogP contribution in [0.3, 0.4) is 0 Å². The van der Waals surface area contributed by atoms with Gasteiger partial charge in [-0.1, -0.05) is 18.3 Å². The third-order valence-corrected chi connectivity index (χ3v) is 1.33. The Morgan fingerprint density at radius 2 is 2.10 bits per heavy atom. The van der Waals surface area contributed by atoms with E-state index in [1.807, 2.05) is 0 Å². The molecule has 0 saturated carbocycles. The number of thioether (sulfide) groups is 1. The lowest BCUT2D eigenvalue weighted by molar-refractivity contribution is -0.301. The van der Waals surface area contributed by atoms with Crippen molar-refractivity contribution in [2.24, 2.45) is 0 Å². The Balaban J connectivity index is 0. The van der Waals surface area contributed by atoms with Gasteiger partial charge in [0.15, 0.2) is 0 Å². The highest BCUT2D eigenvalue weighted by Gasteiger charge is 1.94. The van der Waals surface area contributed by atoms with Crippen LogP contribution < -0.4 is 11.3 Å². The van der Waals surface area contributed by atoms with Gasteiger partial charge in [0.05, 0.1) is 5.97 Å². The van der Waals surface area contributed by atoms with Crippen molar-refractivity contribution in [2.75, 3.05) is 5.75 Å². The molecule has 0 spiro atoms. The summed E-state index contributed by atoms with van der Waals surface area (Å²) in [5.41, 5.74) is 0. The number of quaternary nitrogens is 1. The van der Waals surface area contributed by atoms with Crippen molar-refractivity contribution < 1.29 is 14.7 Å². The van der Waals surface area contributed by atoms with Gasteiger partial charge in [0.2, 0.25) is 5.12 Å². The smallest absolute Gasteiger partial charge is 0.211 e. The molecule has 0 aromatic rings. The van der Waals surface area contributed by atoms with Gasteiger partial charge in [0.1, 0.15) is 0 Å². The number of rotatable bonds is 3. The summed E-state index contributed by atoms with van der Waals surface area (Å²) in [6, 6.07) is 0. The maximum atomic E-state index is 10.3. The molecule has 0 atom stereocenters. The van der Waals surface area contributed by atoms with E-state index < -0.39 is 5.97 Å². The van der Waals surface area contributed by atoms with Gasteiger partial charge in [0.25, 0.3) is 0 Å². The first-order valence-corrected chi connectivity index (χ1v) is 3.14. The van der Waals surface area contributed by atoms with Gasteiger partial charge >= 0.3 is 0 Å². The maximum Gasteiger partial charge on any atom is 0.211 e. The molecule has 10 heavy (non-hydrogen) atoms. The molecule has 0 aromatic carbocycles. The van der Waals surface area contributed by atoms with Crippen molar-refractivity contribution in [1.29, 1.82) is 0 Å². The van der Waals surface area contributed by atoms with Crippen LogP contribution in [0, 0.1) is 0 Å². The fraction of sp³-hybridized carbons (Fsp3) is 0.200. The molecular weight excluding hydrogens is 154 g/mol. The fourth-order valence-corrected chi connectivity index (χ4v) is 0.567. The lowest BCUT2D eigenvalue weighted by atomic mass is 10.7. The van der Waals surface area contributed by atoms with Gasteiger partial charge < -0.3 is 16.1 Å². The number of hydrogen-bond donors (Lipinski definition) is 1. The summed E-state index contributed by atoms with van der Waals surface area (Å²) in [5.74, 6) is -1.54. The maximum absolute atomic E-state index is 10.3. The Hall–Kier alpha value is -0.810. The fourth-order valence-electron chi connectivity index (χ4n) is 0.189. The van der Waals surface area contributed by atoms with Crippen LogP contribution in [0.4, 0.5) is 0 Å². The van der Waals surface area contributed by atoms with E-state index in [1.54, 1.807) is 0 Å². The van der Waals surface area contributed by atoms with Crippen LogP contribution >= 0.6 is 11.8 Å². The zero-order valence-corrected chi connectivity index (χ0v) is 6.44. The molecule has 5 heteroatoms. The Bertz CT molecular complexity index is 146. The van der Waals surface area contributed by atoms with E-state index in [0.29, 0.717) is 11.8 Å². The minimum Gasteiger partial charge on any atom is -0.549 e. The average molecular weight is 163 g/mol. The second kappa shape index (κ2) is 6.31. The molecule has 0 saturated heterocycles. The van der Waals surface area contributed by atoms with Gasteiger partial charge in [-0.2, -0.15) is 0 Å². The number of hydrogen-bond acceptors (Lipinski definition) is 4. The van der Waals surface area contributed by atoms with Crippen molar-refractivity contribution in [3.05, 3.63) is 12.7 Å². The number of carbonyl (C=O) groups excluding carboxylic acids is 2. The number of carboxylic acid groups (broad SMARTS) is 1. The van der Waals surface area contributed by atoms with Crippen molar-refractivity contribution in [3.63, 3.8) is 0 Å². The lowest BCUT2D eigenvalue weighted by Crippen LogP contribution is -2.24. The zero-order chi connectivity index (χ0) is 7.28. The monoisotopic (exact) mass is 163 g/mol. The molecule has 0 heterocycles. The Kier molecular flexibility index (Phi) is 7.53. The van der Waals surface area contributed by atoms with Crippen molar-refractivity contribution in [1.82, 2.24) is 6.15 Å². The van der Waals surface area contributed by atoms with Crippen molar-refractivity contribution in [2.45, 2.75) is 0 Å². The molecule has 0 aliphatic carbocycles. The predicted molar refractivity (Wildman–Crippen MR) is 38.7 cm³/mol. The van der Waals surface area contributed by atoms with Crippen LogP contribution in [0.1, 0.15) is 0 Å². The van der Waals surface area contributed by atoms with Crippen molar-refractivity contribution >= 4 is 22.8 Å². The first-order chi connectivity index (χ1) is 4.16. The average Bonchev–Trinajstić information content (AvgIpc) is 1.83. The van der Waals surface area contributed by atoms with Crippen molar-refractivity contribution in [3.8, 4) is 0 Å². The summed E-state index contributed by atoms with van der Waals surface area (Å²) in [7, 11) is 0. The topological polar surface area (TPSA) is 93.7 Å². The van der Waals surface area contributed by atoms with E-state index >= 15 is 0 Å². The molecule has 58 valence electrons. The van der Waals surface area contributed by atoms with E-state index in [-0.39, 0.29) is 17.0 Å². The SMILES string of the molecule is C=CC(=O)SCC(=O)[O-].[NH4+]. The molecule has 0 aromatic heterocycles. The van der Waals surface area contributed by atoms with Gasteiger partial charge in [-0.15, -0.1) is 0 Å². The standard InChI is InChI=1S/C5H6O3S.H3N/c1-2-5(8)9-3-4(6)7;/h2H,1,3H2,(H,6,7);1H3.